The molecule has 158 valence electrons. The molecule has 7 nitrogen and oxygen atoms in total. The number of thioether (sulfide) groups is 1. The summed E-state index contributed by atoms with van der Waals surface area (Å²) < 4.78 is 13.2. The van der Waals surface area contributed by atoms with E-state index in [1.807, 2.05) is 30.3 Å². The number of benzene rings is 2. The Labute approximate surface area is 187 Å². The van der Waals surface area contributed by atoms with Gasteiger partial charge in [0.2, 0.25) is 11.8 Å². The molecule has 0 radical (unpaired) electrons. The lowest BCUT2D eigenvalue weighted by Gasteiger charge is -2.16. The molecule has 1 aliphatic heterocycles. The summed E-state index contributed by atoms with van der Waals surface area (Å²) in [6, 6.07) is 14.7. The molecule has 1 fully saturated rings. The van der Waals surface area contributed by atoms with Gasteiger partial charge in [-0.05, 0) is 43.2 Å². The summed E-state index contributed by atoms with van der Waals surface area (Å²) in [4.78, 5) is 17.9. The molecule has 3 heterocycles. The van der Waals surface area contributed by atoms with Crippen molar-refractivity contribution in [2.45, 2.75) is 36.4 Å². The van der Waals surface area contributed by atoms with Crippen LogP contribution in [0.3, 0.4) is 0 Å². The first-order valence-corrected chi connectivity index (χ1v) is 11.4. The molecule has 0 spiro atoms. The Hall–Kier alpha value is -2.68. The molecular formula is C22H19ClN4O3S. The van der Waals surface area contributed by atoms with Crippen LogP contribution in [0.4, 0.5) is 0 Å². The van der Waals surface area contributed by atoms with E-state index in [1.54, 1.807) is 22.8 Å². The van der Waals surface area contributed by atoms with Crippen LogP contribution in [0.5, 0.6) is 0 Å². The molecule has 0 bridgehead atoms. The highest BCUT2D eigenvalue weighted by atomic mass is 35.5. The van der Waals surface area contributed by atoms with Crippen LogP contribution in [0, 0.1) is 0 Å². The highest BCUT2D eigenvalue weighted by molar-refractivity contribution is 7.98. The first-order valence-electron chi connectivity index (χ1n) is 10.00. The van der Waals surface area contributed by atoms with Gasteiger partial charge in [0.25, 0.3) is 5.56 Å². The summed E-state index contributed by atoms with van der Waals surface area (Å²) in [5.41, 5.74) is 1.33. The number of aromatic nitrogens is 4. The highest BCUT2D eigenvalue weighted by Crippen LogP contribution is 2.26. The van der Waals surface area contributed by atoms with E-state index < -0.39 is 0 Å². The number of hydrogen-bond acceptors (Lipinski definition) is 7. The van der Waals surface area contributed by atoms with E-state index in [1.165, 1.54) is 11.8 Å². The lowest BCUT2D eigenvalue weighted by molar-refractivity contribution is 0.0937. The van der Waals surface area contributed by atoms with E-state index in [9.17, 15) is 4.79 Å². The Morgan fingerprint density at radius 3 is 2.84 bits per heavy atom. The second kappa shape index (κ2) is 8.82. The highest BCUT2D eigenvalue weighted by Gasteiger charge is 2.21. The first-order chi connectivity index (χ1) is 15.2. The van der Waals surface area contributed by atoms with Gasteiger partial charge >= 0.3 is 0 Å². The smallest absolute Gasteiger partial charge is 0.262 e. The maximum Gasteiger partial charge on any atom is 0.262 e. The number of hydrogen-bond donors (Lipinski definition) is 0. The molecule has 2 aromatic carbocycles. The molecule has 9 heteroatoms. The normalized spacial score (nSPS) is 16.2. The van der Waals surface area contributed by atoms with Crippen LogP contribution >= 0.6 is 23.4 Å². The van der Waals surface area contributed by atoms with Crippen LogP contribution in [0.2, 0.25) is 5.02 Å². The molecule has 1 unspecified atom stereocenters. The van der Waals surface area contributed by atoms with Crippen LogP contribution < -0.4 is 5.56 Å². The van der Waals surface area contributed by atoms with Crippen LogP contribution in [0.25, 0.3) is 22.4 Å². The monoisotopic (exact) mass is 454 g/mol. The molecule has 4 aromatic rings. The molecule has 31 heavy (non-hydrogen) atoms. The molecule has 0 aliphatic carbocycles. The van der Waals surface area contributed by atoms with Gasteiger partial charge in [-0.15, -0.1) is 10.2 Å². The van der Waals surface area contributed by atoms with E-state index in [4.69, 9.17) is 25.7 Å². The largest absolute Gasteiger partial charge is 0.420 e. The van der Waals surface area contributed by atoms with Crippen LogP contribution in [0.1, 0.15) is 18.7 Å². The average molecular weight is 455 g/mol. The number of nitrogens with zero attached hydrogens (tertiary/aromatic N) is 4. The van der Waals surface area contributed by atoms with Gasteiger partial charge in [-0.3, -0.25) is 9.36 Å². The average Bonchev–Trinajstić information content (AvgIpc) is 3.47. The van der Waals surface area contributed by atoms with Gasteiger partial charge in [0.05, 0.1) is 29.3 Å². The van der Waals surface area contributed by atoms with Gasteiger partial charge in [-0.25, -0.2) is 4.98 Å². The minimum Gasteiger partial charge on any atom is -0.420 e. The maximum absolute atomic E-state index is 13.2. The molecule has 0 saturated carbocycles. The van der Waals surface area contributed by atoms with Gasteiger partial charge in [-0.1, -0.05) is 41.6 Å². The predicted molar refractivity (Wildman–Crippen MR) is 119 cm³/mol. The summed E-state index contributed by atoms with van der Waals surface area (Å²) in [5.74, 6) is 1.32. The van der Waals surface area contributed by atoms with Crippen molar-refractivity contribution in [1.29, 1.82) is 0 Å². The minimum atomic E-state index is -0.102. The van der Waals surface area contributed by atoms with Gasteiger partial charge in [0.15, 0.2) is 5.16 Å². The summed E-state index contributed by atoms with van der Waals surface area (Å²) in [7, 11) is 0. The van der Waals surface area contributed by atoms with Crippen molar-refractivity contribution >= 4 is 34.3 Å². The molecular weight excluding hydrogens is 436 g/mol. The predicted octanol–water partition coefficient (Wildman–Crippen LogP) is 4.57. The molecule has 1 aliphatic rings. The number of fused-ring (bicyclic) bond motifs is 1. The SMILES string of the molecule is O=c1c2ccc(Cl)cc2nc(SCc2nnc(-c3ccccc3)o2)n1CC1CCCO1. The molecule has 2 aromatic heterocycles. The van der Waals surface area contributed by atoms with Gasteiger partial charge in [0.1, 0.15) is 0 Å². The maximum atomic E-state index is 13.2. The van der Waals surface area contributed by atoms with Crippen molar-refractivity contribution in [3.8, 4) is 11.5 Å². The third kappa shape index (κ3) is 4.37. The zero-order valence-corrected chi connectivity index (χ0v) is 18.1. The third-order valence-corrected chi connectivity index (χ3v) is 6.30. The lowest BCUT2D eigenvalue weighted by atomic mass is 10.2. The van der Waals surface area contributed by atoms with E-state index in [2.05, 4.69) is 10.2 Å². The Balaban J connectivity index is 1.45. The number of rotatable bonds is 6. The fourth-order valence-electron chi connectivity index (χ4n) is 3.57. The van der Waals surface area contributed by atoms with E-state index in [0.717, 1.165) is 25.0 Å². The molecule has 1 saturated heterocycles. The van der Waals surface area contributed by atoms with E-state index in [0.29, 0.717) is 45.2 Å². The molecule has 0 N–H and O–H groups in total. The van der Waals surface area contributed by atoms with Crippen molar-refractivity contribution in [1.82, 2.24) is 19.7 Å². The van der Waals surface area contributed by atoms with Crippen LogP contribution in [0.15, 0.2) is 62.9 Å². The lowest BCUT2D eigenvalue weighted by Crippen LogP contribution is -2.28. The summed E-state index contributed by atoms with van der Waals surface area (Å²) in [5, 5.41) is 9.92. The van der Waals surface area contributed by atoms with Crippen molar-refractivity contribution in [2.24, 2.45) is 0 Å². The Bertz CT molecular complexity index is 1270. The van der Waals surface area contributed by atoms with Gasteiger partial charge in [-0.2, -0.15) is 0 Å². The Morgan fingerprint density at radius 2 is 2.03 bits per heavy atom. The van der Waals surface area contributed by atoms with Crippen molar-refractivity contribution < 1.29 is 9.15 Å². The number of halogens is 1. The van der Waals surface area contributed by atoms with E-state index >= 15 is 0 Å². The second-order valence-electron chi connectivity index (χ2n) is 7.26. The minimum absolute atomic E-state index is 0.0108. The number of ether oxygens (including phenoxy) is 1. The standard InChI is InChI=1S/C22H19ClN4O3S/c23-15-8-9-17-18(11-15)24-22(27(21(17)28)12-16-7-4-10-29-16)31-13-19-25-26-20(30-19)14-5-2-1-3-6-14/h1-3,5-6,8-9,11,16H,4,7,10,12-13H2. The second-order valence-corrected chi connectivity index (χ2v) is 8.64. The van der Waals surface area contributed by atoms with E-state index in [-0.39, 0.29) is 11.7 Å². The van der Waals surface area contributed by atoms with Gasteiger partial charge < -0.3 is 9.15 Å². The van der Waals surface area contributed by atoms with Crippen molar-refractivity contribution in [3.63, 3.8) is 0 Å². The molecule has 1 atom stereocenters. The Kier molecular flexibility index (Phi) is 5.76. The first kappa shape index (κ1) is 20.2. The van der Waals surface area contributed by atoms with Crippen molar-refractivity contribution in [3.05, 3.63) is 69.8 Å². The molecule has 5 rings (SSSR count). The Morgan fingerprint density at radius 1 is 1.16 bits per heavy atom. The van der Waals surface area contributed by atoms with Gasteiger partial charge in [0, 0.05) is 17.2 Å². The van der Waals surface area contributed by atoms with Crippen LogP contribution in [-0.2, 0) is 17.0 Å². The zero-order valence-electron chi connectivity index (χ0n) is 16.5. The van der Waals surface area contributed by atoms with Crippen molar-refractivity contribution in [2.75, 3.05) is 6.61 Å². The molecule has 0 amide bonds. The fourth-order valence-corrected chi connectivity index (χ4v) is 4.58. The summed E-state index contributed by atoms with van der Waals surface area (Å²) >= 11 is 7.51. The third-order valence-electron chi connectivity index (χ3n) is 5.10. The quantitative estimate of drug-likeness (QED) is 0.311. The summed E-state index contributed by atoms with van der Waals surface area (Å²) in [6.45, 7) is 1.19. The summed E-state index contributed by atoms with van der Waals surface area (Å²) in [6.07, 6.45) is 1.94. The van der Waals surface area contributed by atoms with Crippen LogP contribution in [-0.4, -0.2) is 32.5 Å². The fraction of sp³-hybridized carbons (Fsp3) is 0.273. The zero-order chi connectivity index (χ0) is 21.2. The topological polar surface area (TPSA) is 83.0 Å².